The summed E-state index contributed by atoms with van der Waals surface area (Å²) in [6.07, 6.45) is -0.558. The molecular weight excluding hydrogens is 453 g/mol. The topological polar surface area (TPSA) is 91.4 Å². The summed E-state index contributed by atoms with van der Waals surface area (Å²) >= 11 is 0. The molecule has 180 valence electrons. The third-order valence-electron chi connectivity index (χ3n) is 5.84. The highest BCUT2D eigenvalue weighted by molar-refractivity contribution is 5.96. The van der Waals surface area contributed by atoms with Crippen LogP contribution in [0.15, 0.2) is 35.0 Å². The van der Waals surface area contributed by atoms with Crippen LogP contribution in [0.1, 0.15) is 33.1 Å². The Labute approximate surface area is 193 Å². The predicted octanol–water partition coefficient (Wildman–Crippen LogP) is 3.04. The first-order chi connectivity index (χ1) is 16.4. The molecule has 1 aliphatic carbocycles. The van der Waals surface area contributed by atoms with E-state index in [-0.39, 0.29) is 36.1 Å². The van der Waals surface area contributed by atoms with Crippen molar-refractivity contribution in [1.29, 1.82) is 0 Å². The quantitative estimate of drug-likeness (QED) is 0.588. The molecule has 1 aliphatic heterocycles. The largest absolute Gasteiger partial charge is 0.455 e. The Kier molecular flexibility index (Phi) is 6.13. The minimum absolute atomic E-state index is 0.122. The predicted molar refractivity (Wildman–Crippen MR) is 113 cm³/mol. The number of hydrogen-bond acceptors (Lipinski definition) is 6. The maximum atomic E-state index is 14.2. The van der Waals surface area contributed by atoms with Crippen molar-refractivity contribution in [3.05, 3.63) is 58.9 Å². The maximum absolute atomic E-state index is 14.2. The third-order valence-corrected chi connectivity index (χ3v) is 5.84. The van der Waals surface area contributed by atoms with Gasteiger partial charge in [0.2, 0.25) is 5.76 Å². The second kappa shape index (κ2) is 9.22. The van der Waals surface area contributed by atoms with Gasteiger partial charge >= 0.3 is 6.18 Å². The van der Waals surface area contributed by atoms with Gasteiger partial charge in [-0.2, -0.15) is 18.3 Å². The molecule has 0 aromatic carbocycles. The first-order valence-electron chi connectivity index (χ1n) is 11.1. The van der Waals surface area contributed by atoms with Crippen LogP contribution in [0.2, 0.25) is 0 Å². The number of halogens is 3. The molecule has 34 heavy (non-hydrogen) atoms. The Morgan fingerprint density at radius 2 is 2.12 bits per heavy atom. The molecule has 8 nitrogen and oxygen atoms in total. The minimum atomic E-state index is -4.79. The second-order valence-corrected chi connectivity index (χ2v) is 8.22. The van der Waals surface area contributed by atoms with Crippen molar-refractivity contribution < 1.29 is 31.9 Å². The number of rotatable bonds is 6. The van der Waals surface area contributed by atoms with Gasteiger partial charge in [0, 0.05) is 37.5 Å². The monoisotopic (exact) mass is 476 g/mol. The van der Waals surface area contributed by atoms with E-state index < -0.39 is 23.4 Å². The van der Waals surface area contributed by atoms with Crippen LogP contribution in [0.5, 0.6) is 0 Å². The number of amides is 1. The molecular formula is C23H23F3N4O4. The number of aromatic nitrogens is 3. The third kappa shape index (κ3) is 4.58. The molecule has 4 heterocycles. The standard InChI is InChI=1S/C23H23F3N4O4/c24-23(25,26)19-18-17(34-21(19)22(31)28-8-6-15-3-1-2-7-27-15)5-4-14-11-30(29-20(14)18)12-16-13-32-9-10-33-16/h1-3,7,11,16H,4-6,8-10,12-13H2,(H,28,31)/t16-/m0/s1. The van der Waals surface area contributed by atoms with E-state index in [4.69, 9.17) is 13.9 Å². The highest BCUT2D eigenvalue weighted by atomic mass is 19.4. The molecule has 3 aromatic rings. The molecule has 1 amide bonds. The van der Waals surface area contributed by atoms with Gasteiger partial charge in [-0.05, 0) is 24.1 Å². The number of nitrogens with one attached hydrogen (secondary N) is 1. The Balaban J connectivity index is 1.41. The zero-order valence-corrected chi connectivity index (χ0v) is 18.2. The van der Waals surface area contributed by atoms with Gasteiger partial charge in [-0.25, -0.2) is 0 Å². The molecule has 11 heteroatoms. The van der Waals surface area contributed by atoms with E-state index in [2.05, 4.69) is 15.4 Å². The number of hydrogen-bond donors (Lipinski definition) is 1. The number of pyridine rings is 1. The summed E-state index contributed by atoms with van der Waals surface area (Å²) in [5.41, 5.74) is 0.365. The molecule has 0 saturated carbocycles. The van der Waals surface area contributed by atoms with Gasteiger partial charge in [-0.1, -0.05) is 6.07 Å². The molecule has 1 atom stereocenters. The summed E-state index contributed by atoms with van der Waals surface area (Å²) in [5, 5.41) is 6.94. The molecule has 0 radical (unpaired) electrons. The Hall–Kier alpha value is -3.18. The van der Waals surface area contributed by atoms with Crippen molar-refractivity contribution >= 4 is 5.91 Å². The average Bonchev–Trinajstić information content (AvgIpc) is 3.41. The lowest BCUT2D eigenvalue weighted by Crippen LogP contribution is -2.32. The smallest absolute Gasteiger partial charge is 0.420 e. The average molecular weight is 476 g/mol. The van der Waals surface area contributed by atoms with E-state index in [1.165, 1.54) is 0 Å². The van der Waals surface area contributed by atoms with E-state index >= 15 is 0 Å². The number of nitrogens with zero attached hydrogens (tertiary/aromatic N) is 3. The lowest BCUT2D eigenvalue weighted by molar-refractivity contribution is -0.137. The second-order valence-electron chi connectivity index (χ2n) is 8.22. The van der Waals surface area contributed by atoms with Crippen LogP contribution in [-0.4, -0.2) is 53.1 Å². The van der Waals surface area contributed by atoms with Gasteiger partial charge < -0.3 is 19.2 Å². The Morgan fingerprint density at radius 1 is 1.24 bits per heavy atom. The molecule has 1 saturated heterocycles. The number of aryl methyl sites for hydroxylation is 2. The minimum Gasteiger partial charge on any atom is -0.455 e. The van der Waals surface area contributed by atoms with Crippen molar-refractivity contribution in [2.24, 2.45) is 0 Å². The van der Waals surface area contributed by atoms with E-state index in [0.29, 0.717) is 44.8 Å². The van der Waals surface area contributed by atoms with Crippen molar-refractivity contribution in [2.45, 2.75) is 38.1 Å². The fourth-order valence-corrected chi connectivity index (χ4v) is 4.31. The Bertz CT molecular complexity index is 1170. The van der Waals surface area contributed by atoms with Crippen LogP contribution in [0.3, 0.4) is 0 Å². The fourth-order valence-electron chi connectivity index (χ4n) is 4.31. The van der Waals surface area contributed by atoms with Crippen LogP contribution in [0, 0.1) is 0 Å². The van der Waals surface area contributed by atoms with Gasteiger partial charge in [0.15, 0.2) is 0 Å². The van der Waals surface area contributed by atoms with Crippen LogP contribution >= 0.6 is 0 Å². The molecule has 0 spiro atoms. The van der Waals surface area contributed by atoms with Crippen LogP contribution in [-0.2, 0) is 41.5 Å². The summed E-state index contributed by atoms with van der Waals surface area (Å²) in [6.45, 7) is 1.88. The first kappa shape index (κ1) is 22.6. The van der Waals surface area contributed by atoms with E-state index in [0.717, 1.165) is 5.69 Å². The zero-order valence-electron chi connectivity index (χ0n) is 18.2. The highest BCUT2D eigenvalue weighted by Crippen LogP contribution is 2.46. The van der Waals surface area contributed by atoms with Crippen molar-refractivity contribution in [1.82, 2.24) is 20.1 Å². The van der Waals surface area contributed by atoms with Gasteiger partial charge in [0.1, 0.15) is 17.4 Å². The van der Waals surface area contributed by atoms with Gasteiger partial charge in [-0.15, -0.1) is 0 Å². The molecule has 5 rings (SSSR count). The summed E-state index contributed by atoms with van der Waals surface area (Å²) in [4.78, 5) is 16.9. The molecule has 1 N–H and O–H groups in total. The van der Waals surface area contributed by atoms with Crippen LogP contribution in [0.25, 0.3) is 11.3 Å². The van der Waals surface area contributed by atoms with E-state index in [9.17, 15) is 18.0 Å². The zero-order chi connectivity index (χ0) is 23.7. The van der Waals surface area contributed by atoms with Crippen molar-refractivity contribution in [3.8, 4) is 11.3 Å². The first-order valence-corrected chi connectivity index (χ1v) is 11.1. The molecule has 0 unspecified atom stereocenters. The summed E-state index contributed by atoms with van der Waals surface area (Å²) in [7, 11) is 0. The number of alkyl halides is 3. The summed E-state index contributed by atoms with van der Waals surface area (Å²) in [6, 6.07) is 5.34. The van der Waals surface area contributed by atoms with Crippen LogP contribution < -0.4 is 5.32 Å². The summed E-state index contributed by atoms with van der Waals surface area (Å²) in [5.74, 6) is -1.52. The molecule has 0 bridgehead atoms. The van der Waals surface area contributed by atoms with Gasteiger partial charge in [0.25, 0.3) is 5.91 Å². The lowest BCUT2D eigenvalue weighted by Gasteiger charge is -2.22. The van der Waals surface area contributed by atoms with E-state index in [1.54, 1.807) is 35.3 Å². The Morgan fingerprint density at radius 3 is 2.85 bits per heavy atom. The van der Waals surface area contributed by atoms with Gasteiger partial charge in [-0.3, -0.25) is 14.5 Å². The number of ether oxygens (including phenoxy) is 2. The number of carbonyl (C=O) groups excluding carboxylic acids is 1. The molecule has 2 aliphatic rings. The molecule has 3 aromatic heterocycles. The number of fused-ring (bicyclic) bond motifs is 3. The number of furan rings is 1. The van der Waals surface area contributed by atoms with Crippen LogP contribution in [0.4, 0.5) is 13.2 Å². The van der Waals surface area contributed by atoms with Crippen molar-refractivity contribution in [3.63, 3.8) is 0 Å². The summed E-state index contributed by atoms with van der Waals surface area (Å²) < 4.78 is 60.6. The number of carbonyl (C=O) groups is 1. The van der Waals surface area contributed by atoms with Gasteiger partial charge in [0.05, 0.1) is 37.6 Å². The molecule has 1 fully saturated rings. The maximum Gasteiger partial charge on any atom is 0.420 e. The normalized spacial score (nSPS) is 17.8. The van der Waals surface area contributed by atoms with Crippen molar-refractivity contribution in [2.75, 3.05) is 26.4 Å². The van der Waals surface area contributed by atoms with E-state index in [1.807, 2.05) is 0 Å². The lowest BCUT2D eigenvalue weighted by atomic mass is 9.93. The fraction of sp³-hybridized carbons (Fsp3) is 0.435. The SMILES string of the molecule is O=C(NCCc1ccccn1)c1oc2c(c1C(F)(F)F)-c1nn(C[C@H]3COCCO3)cc1CC2. The highest BCUT2D eigenvalue weighted by Gasteiger charge is 2.45.